The van der Waals surface area contributed by atoms with Crippen molar-refractivity contribution in [3.8, 4) is 0 Å². The van der Waals surface area contributed by atoms with Gasteiger partial charge in [0.15, 0.2) is 0 Å². The Balaban J connectivity index is 1.30. The number of benzene rings is 1. The largest absolute Gasteiger partial charge is 0.412 e. The Morgan fingerprint density at radius 1 is 1.33 bits per heavy atom. The quantitative estimate of drug-likeness (QED) is 0.674. The third kappa shape index (κ3) is 4.82. The van der Waals surface area contributed by atoms with Gasteiger partial charge in [-0.25, -0.2) is 9.18 Å². The van der Waals surface area contributed by atoms with Crippen LogP contribution in [0.4, 0.5) is 9.18 Å². The van der Waals surface area contributed by atoms with E-state index in [0.29, 0.717) is 11.7 Å². The number of carbonyl (C=O) groups excluding carboxylic acids is 1. The molecule has 1 aromatic rings. The summed E-state index contributed by atoms with van der Waals surface area (Å²) < 4.78 is 24.2. The van der Waals surface area contributed by atoms with Gasteiger partial charge < -0.3 is 19.7 Å². The predicted octanol–water partition coefficient (Wildman–Crippen LogP) is 4.43. The van der Waals surface area contributed by atoms with Crippen LogP contribution in [0.1, 0.15) is 37.3 Å². The lowest BCUT2D eigenvalue weighted by Crippen LogP contribution is -2.40. The highest BCUT2D eigenvalue weighted by Crippen LogP contribution is 2.37. The van der Waals surface area contributed by atoms with Crippen LogP contribution in [0.25, 0.3) is 0 Å². The number of rotatable bonds is 5. The summed E-state index contributed by atoms with van der Waals surface area (Å²) in [6.07, 6.45) is 10.6. The fourth-order valence-electron chi connectivity index (χ4n) is 4.45. The number of nitrogens with zero attached hydrogens (tertiary/aromatic N) is 2. The minimum Gasteiger partial charge on any atom is -0.410 e. The molecule has 6 nitrogen and oxygen atoms in total. The molecule has 160 valence electrons. The average molecular weight is 431 g/mol. The number of hydrogen-bond acceptors (Lipinski definition) is 6. The van der Waals surface area contributed by atoms with Gasteiger partial charge in [-0.15, -0.1) is 0 Å². The van der Waals surface area contributed by atoms with Crippen LogP contribution in [0.2, 0.25) is 0 Å². The maximum Gasteiger partial charge on any atom is 0.412 e. The SMILES string of the molecule is CN(C)C(c1cccc(F)c1)C1CCC(NC(=O)OC2=CC3=CNSN3C=C2)CC1. The van der Waals surface area contributed by atoms with Gasteiger partial charge in [-0.2, -0.15) is 0 Å². The lowest BCUT2D eigenvalue weighted by Gasteiger charge is -2.37. The van der Waals surface area contributed by atoms with Gasteiger partial charge in [0.2, 0.25) is 0 Å². The Morgan fingerprint density at radius 3 is 2.87 bits per heavy atom. The van der Waals surface area contributed by atoms with Crippen molar-refractivity contribution >= 4 is 18.2 Å². The number of nitrogens with one attached hydrogen (secondary N) is 2. The van der Waals surface area contributed by atoms with Crippen LogP contribution >= 0.6 is 12.1 Å². The first-order valence-corrected chi connectivity index (χ1v) is 11.0. The van der Waals surface area contributed by atoms with Gasteiger partial charge in [0.1, 0.15) is 11.6 Å². The van der Waals surface area contributed by atoms with Crippen LogP contribution in [0.3, 0.4) is 0 Å². The number of alkyl carbamates (subject to hydrolysis) is 1. The van der Waals surface area contributed by atoms with Crippen LogP contribution in [0, 0.1) is 11.7 Å². The molecule has 4 rings (SSSR count). The fourth-order valence-corrected chi connectivity index (χ4v) is 5.06. The van der Waals surface area contributed by atoms with Crippen LogP contribution in [-0.4, -0.2) is 35.4 Å². The second-order valence-corrected chi connectivity index (χ2v) is 8.89. The van der Waals surface area contributed by atoms with E-state index >= 15 is 0 Å². The number of carbonyl (C=O) groups is 1. The first-order chi connectivity index (χ1) is 14.5. The zero-order valence-corrected chi connectivity index (χ0v) is 18.0. The number of fused-ring (bicyclic) bond motifs is 1. The van der Waals surface area contributed by atoms with Crippen LogP contribution in [0.5, 0.6) is 0 Å². The molecule has 1 atom stereocenters. The molecule has 0 bridgehead atoms. The van der Waals surface area contributed by atoms with Crippen molar-refractivity contribution < 1.29 is 13.9 Å². The third-order valence-electron chi connectivity index (χ3n) is 5.77. The molecule has 1 fully saturated rings. The van der Waals surface area contributed by atoms with E-state index in [9.17, 15) is 9.18 Å². The molecule has 1 aromatic carbocycles. The summed E-state index contributed by atoms with van der Waals surface area (Å²) in [6, 6.07) is 7.14. The normalized spacial score (nSPS) is 23.9. The summed E-state index contributed by atoms with van der Waals surface area (Å²) in [4.78, 5) is 14.5. The van der Waals surface area contributed by atoms with Crippen molar-refractivity contribution in [3.63, 3.8) is 0 Å². The smallest absolute Gasteiger partial charge is 0.410 e. The lowest BCUT2D eigenvalue weighted by molar-refractivity contribution is 0.144. The first-order valence-electron chi connectivity index (χ1n) is 10.2. The number of allylic oxidation sites excluding steroid dienone is 2. The minimum atomic E-state index is -0.420. The predicted molar refractivity (Wildman–Crippen MR) is 116 cm³/mol. The summed E-state index contributed by atoms with van der Waals surface area (Å²) in [5.74, 6) is 0.742. The molecule has 2 aliphatic heterocycles. The number of halogens is 1. The Hall–Kier alpha value is -2.45. The highest BCUT2D eigenvalue weighted by atomic mass is 32.2. The Bertz CT molecular complexity index is 878. The zero-order valence-electron chi connectivity index (χ0n) is 17.2. The van der Waals surface area contributed by atoms with E-state index in [0.717, 1.165) is 36.9 Å². The van der Waals surface area contributed by atoms with Gasteiger partial charge >= 0.3 is 6.09 Å². The van der Waals surface area contributed by atoms with Crippen LogP contribution in [-0.2, 0) is 4.74 Å². The molecular weight excluding hydrogens is 403 g/mol. The van der Waals surface area contributed by atoms with E-state index in [1.807, 2.05) is 42.9 Å². The second-order valence-electron chi connectivity index (χ2n) is 8.08. The molecule has 0 spiro atoms. The van der Waals surface area contributed by atoms with Gasteiger partial charge in [0.05, 0.1) is 17.8 Å². The summed E-state index contributed by atoms with van der Waals surface area (Å²) >= 11 is 1.46. The molecule has 8 heteroatoms. The van der Waals surface area contributed by atoms with Crippen molar-refractivity contribution in [1.29, 1.82) is 0 Å². The summed E-state index contributed by atoms with van der Waals surface area (Å²) in [5, 5.41) is 3.00. The van der Waals surface area contributed by atoms with Crippen LogP contribution in [0.15, 0.2) is 60.3 Å². The molecule has 30 heavy (non-hydrogen) atoms. The molecule has 0 aromatic heterocycles. The molecule has 1 amide bonds. The van der Waals surface area contributed by atoms with E-state index in [4.69, 9.17) is 4.74 Å². The maximum atomic E-state index is 13.7. The van der Waals surface area contributed by atoms with Crippen molar-refractivity contribution in [2.24, 2.45) is 5.92 Å². The Kier molecular flexibility index (Phi) is 6.34. The van der Waals surface area contributed by atoms with Crippen LogP contribution < -0.4 is 10.0 Å². The molecule has 0 radical (unpaired) electrons. The molecule has 1 saturated carbocycles. The van der Waals surface area contributed by atoms with E-state index in [2.05, 4.69) is 14.9 Å². The minimum absolute atomic E-state index is 0.0941. The van der Waals surface area contributed by atoms with E-state index in [-0.39, 0.29) is 17.9 Å². The van der Waals surface area contributed by atoms with E-state index in [1.165, 1.54) is 18.2 Å². The van der Waals surface area contributed by atoms with Crippen molar-refractivity contribution in [2.45, 2.75) is 37.8 Å². The maximum absolute atomic E-state index is 13.7. The Labute approximate surface area is 181 Å². The van der Waals surface area contributed by atoms with Crippen molar-refractivity contribution in [1.82, 2.24) is 19.2 Å². The number of hydrogen-bond donors (Lipinski definition) is 2. The number of amides is 1. The van der Waals surface area contributed by atoms with Gasteiger partial charge in [-0.05, 0) is 69.5 Å². The molecular formula is C22H27FN4O2S. The second kappa shape index (κ2) is 9.14. The standard InChI is InChI=1S/C22H27FN4O2S/c1-26(2)21(16-4-3-5-17(23)12-16)15-6-8-18(9-7-15)25-22(28)29-20-10-11-27-19(13-20)14-24-30-27/h3-5,10-15,18,21,24H,6-9H2,1-2H3,(H,25,28). The monoisotopic (exact) mass is 430 g/mol. The third-order valence-corrected chi connectivity index (χ3v) is 6.53. The van der Waals surface area contributed by atoms with E-state index < -0.39 is 6.09 Å². The summed E-state index contributed by atoms with van der Waals surface area (Å²) in [5.41, 5.74) is 1.95. The fraction of sp³-hybridized carbons (Fsp3) is 0.409. The summed E-state index contributed by atoms with van der Waals surface area (Å²) in [7, 11) is 4.08. The molecule has 2 N–H and O–H groups in total. The molecule has 1 unspecified atom stereocenters. The van der Waals surface area contributed by atoms with Crippen molar-refractivity contribution in [2.75, 3.05) is 14.1 Å². The lowest BCUT2D eigenvalue weighted by atomic mass is 9.78. The number of ether oxygens (including phenoxy) is 1. The first kappa shape index (κ1) is 20.8. The van der Waals surface area contributed by atoms with Crippen molar-refractivity contribution in [3.05, 3.63) is 71.7 Å². The topological polar surface area (TPSA) is 56.8 Å². The average Bonchev–Trinajstić information content (AvgIpc) is 3.17. The highest BCUT2D eigenvalue weighted by molar-refractivity contribution is 7.95. The Morgan fingerprint density at radius 2 is 2.13 bits per heavy atom. The highest BCUT2D eigenvalue weighted by Gasteiger charge is 2.31. The zero-order chi connectivity index (χ0) is 21.1. The molecule has 2 heterocycles. The van der Waals surface area contributed by atoms with Gasteiger partial charge in [0, 0.05) is 30.6 Å². The van der Waals surface area contributed by atoms with Gasteiger partial charge in [0.25, 0.3) is 0 Å². The molecule has 1 aliphatic carbocycles. The summed E-state index contributed by atoms with van der Waals surface area (Å²) in [6.45, 7) is 0. The molecule has 3 aliphatic rings. The van der Waals surface area contributed by atoms with Gasteiger partial charge in [-0.3, -0.25) is 4.31 Å². The molecule has 0 saturated heterocycles. The van der Waals surface area contributed by atoms with E-state index in [1.54, 1.807) is 18.2 Å². The van der Waals surface area contributed by atoms with Gasteiger partial charge in [-0.1, -0.05) is 12.1 Å².